The minimum absolute atomic E-state index is 0.798. The first kappa shape index (κ1) is 14.5. The fourth-order valence-corrected chi connectivity index (χ4v) is 3.24. The van der Waals surface area contributed by atoms with Gasteiger partial charge in [0.15, 0.2) is 0 Å². The average molecular weight is 314 g/mol. The molecule has 0 aliphatic rings. The molecule has 0 spiro atoms. The molecule has 0 amide bonds. The second kappa shape index (κ2) is 5.24. The molecule has 0 fully saturated rings. The SMILES string of the molecule is Cc1cc2cc3cc(C)c(N)cc3[n+](-c3ccccc3)c2cc1N. The highest BCUT2D eigenvalue weighted by Crippen LogP contribution is 2.27. The Kier molecular flexibility index (Phi) is 3.17. The molecule has 0 unspecified atom stereocenters. The van der Waals surface area contributed by atoms with Gasteiger partial charge in [-0.2, -0.15) is 4.57 Å². The molecule has 1 aromatic heterocycles. The summed E-state index contributed by atoms with van der Waals surface area (Å²) in [4.78, 5) is 0. The molecule has 0 bridgehead atoms. The molecule has 0 aliphatic heterocycles. The second-order valence-corrected chi connectivity index (χ2v) is 6.35. The van der Waals surface area contributed by atoms with Crippen molar-refractivity contribution in [3.05, 3.63) is 71.8 Å². The minimum atomic E-state index is 0.798. The van der Waals surface area contributed by atoms with E-state index in [2.05, 4.69) is 34.9 Å². The van der Waals surface area contributed by atoms with Crippen LogP contribution in [0.5, 0.6) is 0 Å². The van der Waals surface area contributed by atoms with Gasteiger partial charge in [-0.15, -0.1) is 0 Å². The first-order valence-electron chi connectivity index (χ1n) is 8.05. The average Bonchev–Trinajstić information content (AvgIpc) is 2.57. The molecular weight excluding hydrogens is 294 g/mol. The summed E-state index contributed by atoms with van der Waals surface area (Å²) in [5.74, 6) is 0. The van der Waals surface area contributed by atoms with Gasteiger partial charge in [0.05, 0.1) is 0 Å². The zero-order valence-corrected chi connectivity index (χ0v) is 13.9. The fourth-order valence-electron chi connectivity index (χ4n) is 3.24. The van der Waals surface area contributed by atoms with Crippen LogP contribution in [0.4, 0.5) is 11.4 Å². The number of anilines is 2. The Balaban J connectivity index is 2.25. The van der Waals surface area contributed by atoms with Crippen LogP contribution in [0.2, 0.25) is 0 Å². The van der Waals surface area contributed by atoms with Gasteiger partial charge in [0.2, 0.25) is 16.7 Å². The predicted octanol–water partition coefficient (Wildman–Crippen LogP) is 4.05. The number of fused-ring (bicyclic) bond motifs is 2. The van der Waals surface area contributed by atoms with Crippen molar-refractivity contribution >= 4 is 33.2 Å². The van der Waals surface area contributed by atoms with Crippen LogP contribution in [0, 0.1) is 13.8 Å². The Morgan fingerprint density at radius 1 is 0.667 bits per heavy atom. The summed E-state index contributed by atoms with van der Waals surface area (Å²) in [6.45, 7) is 4.08. The van der Waals surface area contributed by atoms with Crippen molar-refractivity contribution in [3.63, 3.8) is 0 Å². The maximum atomic E-state index is 6.19. The van der Waals surface area contributed by atoms with Crippen LogP contribution in [-0.4, -0.2) is 0 Å². The summed E-state index contributed by atoms with van der Waals surface area (Å²) < 4.78 is 2.23. The lowest BCUT2D eigenvalue weighted by molar-refractivity contribution is -0.537. The number of para-hydroxylation sites is 1. The Morgan fingerprint density at radius 3 is 1.67 bits per heavy atom. The number of rotatable bonds is 1. The normalized spacial score (nSPS) is 11.2. The number of hydrogen-bond acceptors (Lipinski definition) is 2. The van der Waals surface area contributed by atoms with Crippen molar-refractivity contribution in [2.24, 2.45) is 0 Å². The topological polar surface area (TPSA) is 55.9 Å². The molecule has 0 radical (unpaired) electrons. The van der Waals surface area contributed by atoms with Crippen LogP contribution in [0.25, 0.3) is 27.5 Å². The third kappa shape index (κ3) is 2.17. The number of nitrogen functional groups attached to an aromatic ring is 2. The van der Waals surface area contributed by atoms with Crippen LogP contribution < -0.4 is 16.0 Å². The summed E-state index contributed by atoms with van der Waals surface area (Å²) in [5, 5.41) is 2.34. The number of benzene rings is 3. The number of hydrogen-bond donors (Lipinski definition) is 2. The monoisotopic (exact) mass is 314 g/mol. The molecule has 0 atom stereocenters. The van der Waals surface area contributed by atoms with Gasteiger partial charge in [-0.05, 0) is 43.2 Å². The summed E-state index contributed by atoms with van der Waals surface area (Å²) in [7, 11) is 0. The molecule has 0 aliphatic carbocycles. The number of nitrogens with zero attached hydrogens (tertiary/aromatic N) is 1. The van der Waals surface area contributed by atoms with Crippen molar-refractivity contribution in [3.8, 4) is 5.69 Å². The Hall–Kier alpha value is -3.07. The van der Waals surface area contributed by atoms with Gasteiger partial charge >= 0.3 is 0 Å². The first-order chi connectivity index (χ1) is 11.5. The highest BCUT2D eigenvalue weighted by molar-refractivity contribution is 5.93. The lowest BCUT2D eigenvalue weighted by Crippen LogP contribution is -2.33. The van der Waals surface area contributed by atoms with E-state index in [9.17, 15) is 0 Å². The number of aryl methyl sites for hydroxylation is 2. The maximum absolute atomic E-state index is 6.19. The van der Waals surface area contributed by atoms with E-state index in [1.54, 1.807) is 0 Å². The highest BCUT2D eigenvalue weighted by Gasteiger charge is 2.19. The molecule has 4 aromatic rings. The predicted molar refractivity (Wildman–Crippen MR) is 101 cm³/mol. The molecule has 0 saturated heterocycles. The largest absolute Gasteiger partial charge is 0.398 e. The first-order valence-corrected chi connectivity index (χ1v) is 8.05. The molecule has 3 heteroatoms. The summed E-state index contributed by atoms with van der Waals surface area (Å²) >= 11 is 0. The molecule has 1 heterocycles. The molecule has 4 rings (SSSR count). The van der Waals surface area contributed by atoms with Crippen molar-refractivity contribution in [1.82, 2.24) is 0 Å². The number of nitrogens with two attached hydrogens (primary N) is 2. The van der Waals surface area contributed by atoms with Gasteiger partial charge in [0.1, 0.15) is 0 Å². The molecule has 3 aromatic carbocycles. The van der Waals surface area contributed by atoms with E-state index in [-0.39, 0.29) is 0 Å². The van der Waals surface area contributed by atoms with Gasteiger partial charge in [-0.1, -0.05) is 18.2 Å². The van der Waals surface area contributed by atoms with E-state index in [0.717, 1.165) is 39.2 Å². The Bertz CT molecular complexity index is 1020. The van der Waals surface area contributed by atoms with Gasteiger partial charge in [0.25, 0.3) is 0 Å². The highest BCUT2D eigenvalue weighted by atomic mass is 15.0. The minimum Gasteiger partial charge on any atom is -0.398 e. The van der Waals surface area contributed by atoms with Gasteiger partial charge in [-0.25, -0.2) is 0 Å². The molecule has 3 nitrogen and oxygen atoms in total. The van der Waals surface area contributed by atoms with E-state index < -0.39 is 0 Å². The lowest BCUT2D eigenvalue weighted by Gasteiger charge is -2.09. The third-order valence-corrected chi connectivity index (χ3v) is 4.64. The molecule has 0 saturated carbocycles. The van der Waals surface area contributed by atoms with Crippen LogP contribution in [0.15, 0.2) is 60.7 Å². The number of aromatic nitrogens is 1. The smallest absolute Gasteiger partial charge is 0.221 e. The molecule has 24 heavy (non-hydrogen) atoms. The standard InChI is InChI=1S/C21H19N3/c1-13-8-15-10-16-9-14(2)19(23)12-21(16)24(20(15)11-18(13)22)17-6-4-3-5-7-17/h3-12H,1-2H3,(H3,22,23)/p+1. The summed E-state index contributed by atoms with van der Waals surface area (Å²) in [6.07, 6.45) is 0. The molecule has 4 N–H and O–H groups in total. The summed E-state index contributed by atoms with van der Waals surface area (Å²) in [5.41, 5.74) is 19.4. The van der Waals surface area contributed by atoms with Crippen LogP contribution in [-0.2, 0) is 0 Å². The quantitative estimate of drug-likeness (QED) is 0.316. The second-order valence-electron chi connectivity index (χ2n) is 6.35. The van der Waals surface area contributed by atoms with Crippen LogP contribution >= 0.6 is 0 Å². The molecule has 118 valence electrons. The van der Waals surface area contributed by atoms with Crippen molar-refractivity contribution in [2.75, 3.05) is 11.5 Å². The zero-order chi connectivity index (χ0) is 16.8. The Morgan fingerprint density at radius 2 is 1.17 bits per heavy atom. The van der Waals surface area contributed by atoms with Crippen molar-refractivity contribution in [1.29, 1.82) is 0 Å². The van der Waals surface area contributed by atoms with E-state index in [4.69, 9.17) is 11.5 Å². The van der Waals surface area contributed by atoms with Crippen molar-refractivity contribution < 1.29 is 4.57 Å². The van der Waals surface area contributed by atoms with Crippen LogP contribution in [0.1, 0.15) is 11.1 Å². The van der Waals surface area contributed by atoms with E-state index >= 15 is 0 Å². The fraction of sp³-hybridized carbons (Fsp3) is 0.0952. The van der Waals surface area contributed by atoms with Gasteiger partial charge in [-0.3, -0.25) is 0 Å². The zero-order valence-electron chi connectivity index (χ0n) is 13.9. The van der Waals surface area contributed by atoms with Gasteiger partial charge < -0.3 is 11.5 Å². The van der Waals surface area contributed by atoms with Crippen molar-refractivity contribution in [2.45, 2.75) is 13.8 Å². The van der Waals surface area contributed by atoms with E-state index in [1.165, 1.54) is 10.8 Å². The summed E-state index contributed by atoms with van der Waals surface area (Å²) in [6, 6.07) is 20.9. The van der Waals surface area contributed by atoms with Gasteiger partial charge in [0, 0.05) is 46.4 Å². The third-order valence-electron chi connectivity index (χ3n) is 4.64. The van der Waals surface area contributed by atoms with Crippen LogP contribution in [0.3, 0.4) is 0 Å². The molecular formula is C21H20N3+. The number of pyridine rings is 1. The van der Waals surface area contributed by atoms with E-state index in [1.807, 2.05) is 44.2 Å². The Labute approximate surface area is 141 Å². The van der Waals surface area contributed by atoms with E-state index in [0.29, 0.717) is 0 Å². The lowest BCUT2D eigenvalue weighted by atomic mass is 10.0. The maximum Gasteiger partial charge on any atom is 0.221 e.